The van der Waals surface area contributed by atoms with Crippen LogP contribution in [0.2, 0.25) is 0 Å². The average Bonchev–Trinajstić information content (AvgIpc) is 3.20. The highest BCUT2D eigenvalue weighted by Gasteiger charge is 2.12. The maximum absolute atomic E-state index is 13.5. The minimum atomic E-state index is -0.277. The van der Waals surface area contributed by atoms with E-state index >= 15 is 0 Å². The molecule has 7 heteroatoms. The Bertz CT molecular complexity index is 1010. The average molecular weight is 354 g/mol. The van der Waals surface area contributed by atoms with Crippen LogP contribution in [0.1, 0.15) is 5.56 Å². The minimum Gasteiger partial charge on any atom is -0.497 e. The first kappa shape index (κ1) is 15.6. The first-order valence-electron chi connectivity index (χ1n) is 7.70. The van der Waals surface area contributed by atoms with Crippen molar-refractivity contribution in [2.45, 2.75) is 6.54 Å². The molecular weight excluding hydrogens is 339 g/mol. The van der Waals surface area contributed by atoms with Crippen LogP contribution in [0, 0.1) is 5.82 Å². The maximum atomic E-state index is 13.5. The van der Waals surface area contributed by atoms with Gasteiger partial charge < -0.3 is 10.1 Å². The Morgan fingerprint density at radius 1 is 1.20 bits per heavy atom. The lowest BCUT2D eigenvalue weighted by Gasteiger charge is -2.04. The maximum Gasteiger partial charge on any atom is 0.214 e. The molecule has 0 saturated carbocycles. The van der Waals surface area contributed by atoms with Crippen molar-refractivity contribution in [2.75, 3.05) is 12.4 Å². The number of hydrogen-bond donors (Lipinski definition) is 1. The Balaban J connectivity index is 1.55. The molecule has 1 N–H and O–H groups in total. The molecule has 0 saturated heterocycles. The highest BCUT2D eigenvalue weighted by Crippen LogP contribution is 2.26. The number of halogens is 1. The van der Waals surface area contributed by atoms with Gasteiger partial charge in [0, 0.05) is 12.1 Å². The van der Waals surface area contributed by atoms with Crippen LogP contribution in [0.4, 0.5) is 9.52 Å². The molecule has 2 aromatic heterocycles. The van der Waals surface area contributed by atoms with E-state index in [1.54, 1.807) is 23.9 Å². The third kappa shape index (κ3) is 3.18. The van der Waals surface area contributed by atoms with E-state index in [-0.39, 0.29) is 5.82 Å². The van der Waals surface area contributed by atoms with Crippen LogP contribution >= 0.6 is 11.3 Å². The Morgan fingerprint density at radius 3 is 2.80 bits per heavy atom. The lowest BCUT2D eigenvalue weighted by molar-refractivity contribution is 0.414. The van der Waals surface area contributed by atoms with Crippen molar-refractivity contribution in [3.8, 4) is 17.0 Å². The third-order valence-corrected chi connectivity index (χ3v) is 4.69. The van der Waals surface area contributed by atoms with Crippen LogP contribution in [-0.2, 0) is 6.54 Å². The van der Waals surface area contributed by atoms with Crippen molar-refractivity contribution in [1.82, 2.24) is 14.6 Å². The van der Waals surface area contributed by atoms with Gasteiger partial charge in [0.1, 0.15) is 11.6 Å². The summed E-state index contributed by atoms with van der Waals surface area (Å²) in [6, 6.07) is 14.3. The van der Waals surface area contributed by atoms with Crippen molar-refractivity contribution >= 4 is 21.4 Å². The van der Waals surface area contributed by atoms with Gasteiger partial charge in [0.2, 0.25) is 10.1 Å². The smallest absolute Gasteiger partial charge is 0.214 e. The van der Waals surface area contributed by atoms with Gasteiger partial charge in [0.25, 0.3) is 0 Å². The van der Waals surface area contributed by atoms with Gasteiger partial charge in [-0.15, -0.1) is 5.10 Å². The van der Waals surface area contributed by atoms with E-state index in [2.05, 4.69) is 15.4 Å². The summed E-state index contributed by atoms with van der Waals surface area (Å²) < 4.78 is 20.3. The summed E-state index contributed by atoms with van der Waals surface area (Å²) in [5.41, 5.74) is 2.64. The predicted molar refractivity (Wildman–Crippen MR) is 96.6 cm³/mol. The standard InChI is InChI=1S/C18H15FN4OS/c1-24-15-7-5-12(6-8-15)10-20-17-22-23-16(11-21-18(23)25-17)13-3-2-4-14(19)9-13/h2-9,11H,10H2,1H3,(H,20,22). The van der Waals surface area contributed by atoms with Crippen LogP contribution in [0.3, 0.4) is 0 Å². The van der Waals surface area contributed by atoms with E-state index in [0.29, 0.717) is 6.54 Å². The fraction of sp³-hybridized carbons (Fsp3) is 0.111. The Kier molecular flexibility index (Phi) is 4.07. The van der Waals surface area contributed by atoms with Crippen molar-refractivity contribution in [3.63, 3.8) is 0 Å². The number of methoxy groups -OCH3 is 1. The Labute approximate surface area is 147 Å². The number of imidazole rings is 1. The number of ether oxygens (including phenoxy) is 1. The van der Waals surface area contributed by atoms with Crippen LogP contribution in [0.15, 0.2) is 54.7 Å². The van der Waals surface area contributed by atoms with E-state index in [0.717, 1.165) is 32.7 Å². The zero-order valence-electron chi connectivity index (χ0n) is 13.4. The molecule has 126 valence electrons. The second-order valence-corrected chi connectivity index (χ2v) is 6.41. The van der Waals surface area contributed by atoms with E-state index in [1.165, 1.54) is 23.5 Å². The van der Waals surface area contributed by atoms with Crippen LogP contribution < -0.4 is 10.1 Å². The van der Waals surface area contributed by atoms with E-state index in [4.69, 9.17) is 4.74 Å². The number of benzene rings is 2. The molecule has 25 heavy (non-hydrogen) atoms. The topological polar surface area (TPSA) is 51.5 Å². The molecule has 0 amide bonds. The molecule has 0 unspecified atom stereocenters. The number of fused-ring (bicyclic) bond motifs is 1. The molecule has 2 aromatic carbocycles. The number of rotatable bonds is 5. The van der Waals surface area contributed by atoms with Gasteiger partial charge in [-0.2, -0.15) is 0 Å². The summed E-state index contributed by atoms with van der Waals surface area (Å²) in [4.78, 5) is 5.12. The zero-order chi connectivity index (χ0) is 17.2. The summed E-state index contributed by atoms with van der Waals surface area (Å²) in [6.07, 6.45) is 1.71. The van der Waals surface area contributed by atoms with Gasteiger partial charge in [-0.3, -0.25) is 0 Å². The summed E-state index contributed by atoms with van der Waals surface area (Å²) in [7, 11) is 1.65. The van der Waals surface area contributed by atoms with Crippen molar-refractivity contribution < 1.29 is 9.13 Å². The van der Waals surface area contributed by atoms with Crippen LogP contribution in [0.25, 0.3) is 16.2 Å². The van der Waals surface area contributed by atoms with Crippen molar-refractivity contribution in [2.24, 2.45) is 0 Å². The normalized spacial score (nSPS) is 11.0. The van der Waals surface area contributed by atoms with Gasteiger partial charge in [-0.05, 0) is 29.8 Å². The molecule has 0 bridgehead atoms. The van der Waals surface area contributed by atoms with Crippen molar-refractivity contribution in [1.29, 1.82) is 0 Å². The molecule has 0 spiro atoms. The molecule has 0 atom stereocenters. The first-order valence-corrected chi connectivity index (χ1v) is 8.52. The first-order chi connectivity index (χ1) is 12.2. The highest BCUT2D eigenvalue weighted by atomic mass is 32.1. The van der Waals surface area contributed by atoms with Gasteiger partial charge in [0.05, 0.1) is 19.0 Å². The molecule has 4 aromatic rings. The van der Waals surface area contributed by atoms with E-state index in [1.807, 2.05) is 30.3 Å². The molecule has 2 heterocycles. The van der Waals surface area contributed by atoms with Crippen molar-refractivity contribution in [3.05, 3.63) is 66.1 Å². The molecule has 0 fully saturated rings. The van der Waals surface area contributed by atoms with Gasteiger partial charge >= 0.3 is 0 Å². The molecule has 0 aliphatic rings. The number of hydrogen-bond acceptors (Lipinski definition) is 5. The zero-order valence-corrected chi connectivity index (χ0v) is 14.3. The number of nitrogens with one attached hydrogen (secondary N) is 1. The lowest BCUT2D eigenvalue weighted by Crippen LogP contribution is -2.00. The fourth-order valence-corrected chi connectivity index (χ4v) is 3.30. The van der Waals surface area contributed by atoms with Crippen LogP contribution in [0.5, 0.6) is 5.75 Å². The SMILES string of the molecule is COc1ccc(CNc2nn3c(-c4cccc(F)c4)cnc3s2)cc1. The molecule has 0 radical (unpaired) electrons. The molecule has 5 nitrogen and oxygen atoms in total. The second-order valence-electron chi connectivity index (χ2n) is 5.46. The molecule has 4 rings (SSSR count). The number of nitrogens with zero attached hydrogens (tertiary/aromatic N) is 3. The third-order valence-electron chi connectivity index (χ3n) is 3.81. The Morgan fingerprint density at radius 2 is 2.04 bits per heavy atom. The second kappa shape index (κ2) is 6.52. The monoisotopic (exact) mass is 354 g/mol. The lowest BCUT2D eigenvalue weighted by atomic mass is 10.2. The van der Waals surface area contributed by atoms with Crippen LogP contribution in [-0.4, -0.2) is 21.7 Å². The predicted octanol–water partition coefficient (Wildman–Crippen LogP) is 4.22. The summed E-state index contributed by atoms with van der Waals surface area (Å²) in [5, 5.41) is 8.60. The van der Waals surface area contributed by atoms with Gasteiger partial charge in [-0.25, -0.2) is 13.9 Å². The number of anilines is 1. The molecule has 0 aliphatic carbocycles. The van der Waals surface area contributed by atoms with Gasteiger partial charge in [-0.1, -0.05) is 35.6 Å². The Hall–Kier alpha value is -2.93. The quantitative estimate of drug-likeness (QED) is 0.583. The fourth-order valence-electron chi connectivity index (χ4n) is 2.53. The summed E-state index contributed by atoms with van der Waals surface area (Å²) in [6.45, 7) is 0.649. The molecule has 0 aliphatic heterocycles. The van der Waals surface area contributed by atoms with Gasteiger partial charge in [0.15, 0.2) is 0 Å². The molecular formula is C18H15FN4OS. The summed E-state index contributed by atoms with van der Waals surface area (Å²) in [5.74, 6) is 0.553. The largest absolute Gasteiger partial charge is 0.497 e. The number of aromatic nitrogens is 3. The highest BCUT2D eigenvalue weighted by molar-refractivity contribution is 7.20. The summed E-state index contributed by atoms with van der Waals surface area (Å²) >= 11 is 1.46. The minimum absolute atomic E-state index is 0.277. The van der Waals surface area contributed by atoms with E-state index in [9.17, 15) is 4.39 Å². The van der Waals surface area contributed by atoms with E-state index < -0.39 is 0 Å².